The van der Waals surface area contributed by atoms with Gasteiger partial charge in [0.2, 0.25) is 18.6 Å². The monoisotopic (exact) mass is 555 g/mol. The van der Waals surface area contributed by atoms with Crippen molar-refractivity contribution in [1.29, 1.82) is 0 Å². The molecule has 3 aromatic carbocycles. The molecule has 0 aliphatic carbocycles. The first-order valence-electron chi connectivity index (χ1n) is 14.4. The SMILES string of the molecule is O=C(C1CCN(c2nc3ccccc3n2Cc2cccc(F)c2)CC1)N1CCN(Cc2ccc3c(c2)OCO3)CC1. The van der Waals surface area contributed by atoms with Gasteiger partial charge in [-0.25, -0.2) is 9.37 Å². The van der Waals surface area contributed by atoms with E-state index in [1.807, 2.05) is 30.3 Å². The highest BCUT2D eigenvalue weighted by molar-refractivity contribution is 5.80. The number of carbonyl (C=O) groups excluding carboxylic acids is 1. The third kappa shape index (κ3) is 5.34. The van der Waals surface area contributed by atoms with Crippen LogP contribution in [0.1, 0.15) is 24.0 Å². The number of nitrogens with zero attached hydrogens (tertiary/aromatic N) is 5. The molecule has 0 N–H and O–H groups in total. The predicted molar refractivity (Wildman–Crippen MR) is 155 cm³/mol. The molecule has 4 heterocycles. The highest BCUT2D eigenvalue weighted by atomic mass is 19.1. The molecule has 7 rings (SSSR count). The van der Waals surface area contributed by atoms with Crippen LogP contribution in [-0.4, -0.2) is 71.3 Å². The molecule has 2 saturated heterocycles. The number of imidazole rings is 1. The quantitative estimate of drug-likeness (QED) is 0.349. The lowest BCUT2D eigenvalue weighted by Crippen LogP contribution is -2.51. The zero-order chi connectivity index (χ0) is 27.8. The summed E-state index contributed by atoms with van der Waals surface area (Å²) in [4.78, 5) is 25.2. The highest BCUT2D eigenvalue weighted by Crippen LogP contribution is 2.33. The molecule has 0 unspecified atom stereocenters. The second-order valence-electron chi connectivity index (χ2n) is 11.2. The molecule has 212 valence electrons. The number of halogens is 1. The maximum atomic E-state index is 13.9. The van der Waals surface area contributed by atoms with E-state index >= 15 is 0 Å². The Morgan fingerprint density at radius 2 is 1.61 bits per heavy atom. The van der Waals surface area contributed by atoms with Crippen molar-refractivity contribution in [1.82, 2.24) is 19.4 Å². The van der Waals surface area contributed by atoms with Crippen molar-refractivity contribution in [3.05, 3.63) is 83.7 Å². The largest absolute Gasteiger partial charge is 0.454 e. The smallest absolute Gasteiger partial charge is 0.231 e. The van der Waals surface area contributed by atoms with Crippen LogP contribution >= 0.6 is 0 Å². The van der Waals surface area contributed by atoms with Crippen LogP contribution in [-0.2, 0) is 17.9 Å². The van der Waals surface area contributed by atoms with Crippen LogP contribution in [0.5, 0.6) is 11.5 Å². The number of carbonyl (C=O) groups is 1. The Balaban J connectivity index is 0.966. The Morgan fingerprint density at radius 3 is 2.44 bits per heavy atom. The van der Waals surface area contributed by atoms with Crippen molar-refractivity contribution in [2.45, 2.75) is 25.9 Å². The summed E-state index contributed by atoms with van der Waals surface area (Å²) in [6.45, 7) is 6.45. The molecule has 3 aliphatic rings. The lowest BCUT2D eigenvalue weighted by atomic mass is 9.95. The zero-order valence-corrected chi connectivity index (χ0v) is 23.0. The molecule has 0 atom stereocenters. The van der Waals surface area contributed by atoms with Crippen molar-refractivity contribution < 1.29 is 18.7 Å². The molecule has 1 amide bonds. The number of aromatic nitrogens is 2. The molecular weight excluding hydrogens is 521 g/mol. The Morgan fingerprint density at radius 1 is 0.829 bits per heavy atom. The van der Waals surface area contributed by atoms with Crippen molar-refractivity contribution in [3.8, 4) is 11.5 Å². The summed E-state index contributed by atoms with van der Waals surface area (Å²) in [5, 5.41) is 0. The fourth-order valence-corrected chi connectivity index (χ4v) is 6.29. The molecule has 1 aromatic heterocycles. The summed E-state index contributed by atoms with van der Waals surface area (Å²) < 4.78 is 27.0. The number of para-hydroxylation sites is 2. The van der Waals surface area contributed by atoms with E-state index in [-0.39, 0.29) is 24.4 Å². The molecule has 0 radical (unpaired) electrons. The summed E-state index contributed by atoms with van der Waals surface area (Å²) in [7, 11) is 0. The second kappa shape index (κ2) is 11.0. The Kier molecular flexibility index (Phi) is 6.96. The predicted octanol–water partition coefficient (Wildman–Crippen LogP) is 4.51. The fourth-order valence-electron chi connectivity index (χ4n) is 6.29. The normalized spacial score (nSPS) is 17.9. The maximum absolute atomic E-state index is 13.9. The van der Waals surface area contributed by atoms with E-state index in [9.17, 15) is 9.18 Å². The molecule has 0 spiro atoms. The number of hydrogen-bond donors (Lipinski definition) is 0. The minimum absolute atomic E-state index is 0.0349. The fraction of sp³-hybridized carbons (Fsp3) is 0.375. The topological polar surface area (TPSA) is 63.1 Å². The Labute approximate surface area is 238 Å². The van der Waals surface area contributed by atoms with Gasteiger partial charge < -0.3 is 23.8 Å². The van der Waals surface area contributed by atoms with Gasteiger partial charge in [-0.2, -0.15) is 0 Å². The number of amides is 1. The van der Waals surface area contributed by atoms with Crippen LogP contribution in [0.15, 0.2) is 66.7 Å². The first-order chi connectivity index (χ1) is 20.1. The summed E-state index contributed by atoms with van der Waals surface area (Å²) >= 11 is 0. The van der Waals surface area contributed by atoms with Crippen LogP contribution < -0.4 is 14.4 Å². The molecule has 8 nitrogen and oxygen atoms in total. The molecule has 9 heteroatoms. The van der Waals surface area contributed by atoms with Crippen molar-refractivity contribution >= 4 is 22.9 Å². The van der Waals surface area contributed by atoms with Crippen LogP contribution in [0.2, 0.25) is 0 Å². The van der Waals surface area contributed by atoms with Crippen LogP contribution in [0.3, 0.4) is 0 Å². The number of piperazine rings is 1. The standard InChI is InChI=1S/C32H34FN5O3/c33-26-5-3-4-23(18-26)21-38-28-7-2-1-6-27(28)34-32(38)37-12-10-25(11-13-37)31(39)36-16-14-35(15-17-36)20-24-8-9-29-30(19-24)41-22-40-29/h1-9,18-19,25H,10-17,20-22H2. The first kappa shape index (κ1) is 25.8. The minimum atomic E-state index is -0.235. The summed E-state index contributed by atoms with van der Waals surface area (Å²) in [5.74, 6) is 2.58. The van der Waals surface area contributed by atoms with Gasteiger partial charge in [0, 0.05) is 51.7 Å². The van der Waals surface area contributed by atoms with E-state index in [0.29, 0.717) is 6.54 Å². The average molecular weight is 556 g/mol. The van der Waals surface area contributed by atoms with E-state index in [4.69, 9.17) is 14.5 Å². The van der Waals surface area contributed by atoms with Gasteiger partial charge in [0.05, 0.1) is 17.6 Å². The molecule has 2 fully saturated rings. The molecular formula is C32H34FN5O3. The third-order valence-electron chi connectivity index (χ3n) is 8.52. The summed E-state index contributed by atoms with van der Waals surface area (Å²) in [6.07, 6.45) is 1.61. The van der Waals surface area contributed by atoms with E-state index in [1.54, 1.807) is 12.1 Å². The Bertz CT molecular complexity index is 1560. The van der Waals surface area contributed by atoms with Gasteiger partial charge in [0.25, 0.3) is 0 Å². The molecule has 0 bridgehead atoms. The number of ether oxygens (including phenoxy) is 2. The van der Waals surface area contributed by atoms with Gasteiger partial charge in [0.15, 0.2) is 11.5 Å². The second-order valence-corrected chi connectivity index (χ2v) is 11.2. The van der Waals surface area contributed by atoms with E-state index in [1.165, 1.54) is 11.6 Å². The zero-order valence-electron chi connectivity index (χ0n) is 23.0. The third-order valence-corrected chi connectivity index (χ3v) is 8.52. The van der Waals surface area contributed by atoms with Gasteiger partial charge >= 0.3 is 0 Å². The minimum Gasteiger partial charge on any atom is -0.454 e. The lowest BCUT2D eigenvalue weighted by molar-refractivity contribution is -0.138. The number of fused-ring (bicyclic) bond motifs is 2. The van der Waals surface area contributed by atoms with E-state index in [2.05, 4.69) is 37.5 Å². The Hall–Kier alpha value is -4.11. The van der Waals surface area contributed by atoms with Crippen LogP contribution in [0, 0.1) is 11.7 Å². The number of anilines is 1. The van der Waals surface area contributed by atoms with Crippen molar-refractivity contribution in [2.24, 2.45) is 5.92 Å². The molecule has 0 saturated carbocycles. The molecule has 3 aliphatic heterocycles. The van der Waals surface area contributed by atoms with E-state index < -0.39 is 0 Å². The van der Waals surface area contributed by atoms with Crippen LogP contribution in [0.4, 0.5) is 10.3 Å². The summed E-state index contributed by atoms with van der Waals surface area (Å²) in [5.41, 5.74) is 4.06. The van der Waals surface area contributed by atoms with Gasteiger partial charge in [-0.15, -0.1) is 0 Å². The van der Waals surface area contributed by atoms with Gasteiger partial charge in [0.1, 0.15) is 5.82 Å². The van der Waals surface area contributed by atoms with Crippen LogP contribution in [0.25, 0.3) is 11.0 Å². The first-order valence-corrected chi connectivity index (χ1v) is 14.4. The van der Waals surface area contributed by atoms with Gasteiger partial charge in [-0.05, 0) is 60.4 Å². The lowest BCUT2D eigenvalue weighted by Gasteiger charge is -2.39. The van der Waals surface area contributed by atoms with Gasteiger partial charge in [-0.3, -0.25) is 9.69 Å². The number of hydrogen-bond acceptors (Lipinski definition) is 6. The van der Waals surface area contributed by atoms with Gasteiger partial charge in [-0.1, -0.05) is 30.3 Å². The van der Waals surface area contributed by atoms with Crippen molar-refractivity contribution in [2.75, 3.05) is 51.0 Å². The average Bonchev–Trinajstić information content (AvgIpc) is 3.62. The summed E-state index contributed by atoms with van der Waals surface area (Å²) in [6, 6.07) is 20.9. The van der Waals surface area contributed by atoms with E-state index in [0.717, 1.165) is 92.7 Å². The highest BCUT2D eigenvalue weighted by Gasteiger charge is 2.32. The number of benzene rings is 3. The number of piperidine rings is 1. The molecule has 41 heavy (non-hydrogen) atoms. The number of rotatable bonds is 6. The van der Waals surface area contributed by atoms with Crippen molar-refractivity contribution in [3.63, 3.8) is 0 Å². The maximum Gasteiger partial charge on any atom is 0.231 e. The molecule has 4 aromatic rings.